The highest BCUT2D eigenvalue weighted by atomic mass is 79.9. The minimum atomic E-state index is 0. The lowest BCUT2D eigenvalue weighted by atomic mass is 10.1. The minimum absolute atomic E-state index is 0. The summed E-state index contributed by atoms with van der Waals surface area (Å²) in [6.07, 6.45) is 1.02. The minimum Gasteiger partial charge on any atom is -0.338 e. The number of carbonyl (C=O) groups is 1. The van der Waals surface area contributed by atoms with Crippen LogP contribution in [0.4, 0.5) is 0 Å². The van der Waals surface area contributed by atoms with Gasteiger partial charge in [0.2, 0.25) is 0 Å². The highest BCUT2D eigenvalue weighted by Crippen LogP contribution is 2.23. The molecule has 1 heterocycles. The molecule has 0 spiro atoms. The van der Waals surface area contributed by atoms with Crippen LogP contribution in [-0.2, 0) is 0 Å². The van der Waals surface area contributed by atoms with Crippen LogP contribution in [0.1, 0.15) is 22.3 Å². The molecule has 0 bridgehead atoms. The van der Waals surface area contributed by atoms with E-state index >= 15 is 0 Å². The van der Waals surface area contributed by atoms with Gasteiger partial charge in [-0.3, -0.25) is 4.79 Å². The van der Waals surface area contributed by atoms with Crippen molar-refractivity contribution in [1.82, 2.24) is 4.90 Å². The molecular formula is C13H18BrClN2O. The van der Waals surface area contributed by atoms with Crippen LogP contribution in [-0.4, -0.2) is 30.4 Å². The zero-order chi connectivity index (χ0) is 12.4. The van der Waals surface area contributed by atoms with Crippen LogP contribution in [0.5, 0.6) is 0 Å². The zero-order valence-corrected chi connectivity index (χ0v) is 12.8. The van der Waals surface area contributed by atoms with Gasteiger partial charge in [0.15, 0.2) is 0 Å². The van der Waals surface area contributed by atoms with Crippen LogP contribution >= 0.6 is 28.3 Å². The Bertz CT molecular complexity index is 439. The Hall–Kier alpha value is -0.580. The molecule has 1 aliphatic rings. The highest BCUT2D eigenvalue weighted by molar-refractivity contribution is 9.10. The molecule has 18 heavy (non-hydrogen) atoms. The van der Waals surface area contributed by atoms with Gasteiger partial charge in [0.1, 0.15) is 0 Å². The molecule has 100 valence electrons. The van der Waals surface area contributed by atoms with E-state index in [4.69, 9.17) is 5.73 Å². The molecule has 0 radical (unpaired) electrons. The lowest BCUT2D eigenvalue weighted by molar-refractivity contribution is 0.0787. The van der Waals surface area contributed by atoms with E-state index in [1.165, 1.54) is 0 Å². The van der Waals surface area contributed by atoms with Gasteiger partial charge in [-0.15, -0.1) is 12.4 Å². The SMILES string of the molecule is Cc1ccc(C(=O)N2CCC(CN)C2)c(Br)c1.Cl. The van der Waals surface area contributed by atoms with Gasteiger partial charge in [-0.2, -0.15) is 0 Å². The number of rotatable bonds is 2. The average Bonchev–Trinajstić information content (AvgIpc) is 2.76. The van der Waals surface area contributed by atoms with E-state index in [-0.39, 0.29) is 18.3 Å². The van der Waals surface area contributed by atoms with Crippen molar-refractivity contribution in [2.45, 2.75) is 13.3 Å². The van der Waals surface area contributed by atoms with E-state index in [0.717, 1.165) is 35.1 Å². The molecule has 2 N–H and O–H groups in total. The largest absolute Gasteiger partial charge is 0.338 e. The van der Waals surface area contributed by atoms with Crippen molar-refractivity contribution >= 4 is 34.2 Å². The second-order valence-corrected chi connectivity index (χ2v) is 5.48. The van der Waals surface area contributed by atoms with Crippen molar-refractivity contribution in [3.8, 4) is 0 Å². The topological polar surface area (TPSA) is 46.3 Å². The van der Waals surface area contributed by atoms with E-state index in [1.54, 1.807) is 0 Å². The summed E-state index contributed by atoms with van der Waals surface area (Å²) in [5, 5.41) is 0. The number of halogens is 2. The summed E-state index contributed by atoms with van der Waals surface area (Å²) in [6, 6.07) is 5.83. The highest BCUT2D eigenvalue weighted by Gasteiger charge is 2.26. The normalized spacial score (nSPS) is 18.6. The predicted octanol–water partition coefficient (Wildman–Crippen LogP) is 2.60. The monoisotopic (exact) mass is 332 g/mol. The second-order valence-electron chi connectivity index (χ2n) is 4.62. The van der Waals surface area contributed by atoms with Gasteiger partial charge in [-0.1, -0.05) is 6.07 Å². The van der Waals surface area contributed by atoms with Crippen LogP contribution < -0.4 is 5.73 Å². The number of nitrogens with two attached hydrogens (primary N) is 1. The van der Waals surface area contributed by atoms with Gasteiger partial charge in [-0.25, -0.2) is 0 Å². The fourth-order valence-corrected chi connectivity index (χ4v) is 2.84. The molecule has 1 unspecified atom stereocenters. The number of amides is 1. The molecule has 0 aromatic heterocycles. The van der Waals surface area contributed by atoms with E-state index in [0.29, 0.717) is 12.5 Å². The lowest BCUT2D eigenvalue weighted by Gasteiger charge is -2.17. The van der Waals surface area contributed by atoms with Crippen molar-refractivity contribution in [1.29, 1.82) is 0 Å². The third-order valence-electron chi connectivity index (χ3n) is 3.26. The molecule has 0 aliphatic carbocycles. The van der Waals surface area contributed by atoms with Crippen LogP contribution in [0, 0.1) is 12.8 Å². The molecule has 1 aliphatic heterocycles. The van der Waals surface area contributed by atoms with E-state index in [2.05, 4.69) is 15.9 Å². The van der Waals surface area contributed by atoms with Crippen molar-refractivity contribution in [3.63, 3.8) is 0 Å². The fraction of sp³-hybridized carbons (Fsp3) is 0.462. The molecule has 1 atom stereocenters. The molecule has 1 saturated heterocycles. The molecule has 5 heteroatoms. The smallest absolute Gasteiger partial charge is 0.255 e. The van der Waals surface area contributed by atoms with Crippen molar-refractivity contribution in [2.24, 2.45) is 11.7 Å². The maximum Gasteiger partial charge on any atom is 0.255 e. The van der Waals surface area contributed by atoms with Crippen molar-refractivity contribution in [3.05, 3.63) is 33.8 Å². The molecule has 3 nitrogen and oxygen atoms in total. The summed E-state index contributed by atoms with van der Waals surface area (Å²) in [6.45, 7) is 4.29. The summed E-state index contributed by atoms with van der Waals surface area (Å²) in [5.41, 5.74) is 7.53. The first-order valence-corrected chi connectivity index (χ1v) is 6.66. The number of hydrogen-bond donors (Lipinski definition) is 1. The molecular weight excluding hydrogens is 316 g/mol. The third-order valence-corrected chi connectivity index (χ3v) is 3.92. The first kappa shape index (κ1) is 15.5. The Morgan fingerprint density at radius 3 is 2.83 bits per heavy atom. The molecule has 1 amide bonds. The van der Waals surface area contributed by atoms with E-state index in [1.807, 2.05) is 30.0 Å². The van der Waals surface area contributed by atoms with Gasteiger partial charge in [-0.05, 0) is 59.4 Å². The van der Waals surface area contributed by atoms with Crippen LogP contribution in [0.2, 0.25) is 0 Å². The number of benzene rings is 1. The number of aryl methyl sites for hydroxylation is 1. The molecule has 1 aromatic carbocycles. The first-order valence-electron chi connectivity index (χ1n) is 5.87. The number of carbonyl (C=O) groups excluding carboxylic acids is 1. The Morgan fingerprint density at radius 2 is 2.28 bits per heavy atom. The maximum absolute atomic E-state index is 12.3. The number of hydrogen-bond acceptors (Lipinski definition) is 2. The predicted molar refractivity (Wildman–Crippen MR) is 79.2 cm³/mol. The summed E-state index contributed by atoms with van der Waals surface area (Å²) in [5.74, 6) is 0.566. The Kier molecular flexibility index (Phi) is 5.63. The summed E-state index contributed by atoms with van der Waals surface area (Å²) in [4.78, 5) is 14.2. The zero-order valence-electron chi connectivity index (χ0n) is 10.4. The van der Waals surface area contributed by atoms with Gasteiger partial charge in [0, 0.05) is 17.6 Å². The summed E-state index contributed by atoms with van der Waals surface area (Å²) < 4.78 is 0.874. The molecule has 0 saturated carbocycles. The van der Waals surface area contributed by atoms with Crippen molar-refractivity contribution in [2.75, 3.05) is 19.6 Å². The quantitative estimate of drug-likeness (QED) is 0.904. The van der Waals surface area contributed by atoms with Gasteiger partial charge < -0.3 is 10.6 Å². The van der Waals surface area contributed by atoms with E-state index < -0.39 is 0 Å². The maximum atomic E-state index is 12.3. The Balaban J connectivity index is 0.00000162. The fourth-order valence-electron chi connectivity index (χ4n) is 2.17. The second kappa shape index (κ2) is 6.55. The van der Waals surface area contributed by atoms with Gasteiger partial charge >= 0.3 is 0 Å². The lowest BCUT2D eigenvalue weighted by Crippen LogP contribution is -2.30. The van der Waals surface area contributed by atoms with Crippen LogP contribution in [0.15, 0.2) is 22.7 Å². The van der Waals surface area contributed by atoms with Gasteiger partial charge in [0.05, 0.1) is 5.56 Å². The Morgan fingerprint density at radius 1 is 1.56 bits per heavy atom. The molecule has 2 rings (SSSR count). The first-order chi connectivity index (χ1) is 8.11. The van der Waals surface area contributed by atoms with Gasteiger partial charge in [0.25, 0.3) is 5.91 Å². The number of nitrogens with zero attached hydrogens (tertiary/aromatic N) is 1. The van der Waals surface area contributed by atoms with Crippen molar-refractivity contribution < 1.29 is 4.79 Å². The van der Waals surface area contributed by atoms with E-state index in [9.17, 15) is 4.79 Å². The summed E-state index contributed by atoms with van der Waals surface area (Å²) >= 11 is 3.45. The Labute approximate surface area is 122 Å². The number of likely N-dealkylation sites (tertiary alicyclic amines) is 1. The average molecular weight is 334 g/mol. The molecule has 1 aromatic rings. The summed E-state index contributed by atoms with van der Waals surface area (Å²) in [7, 11) is 0. The van der Waals surface area contributed by atoms with Crippen LogP contribution in [0.25, 0.3) is 0 Å². The molecule has 1 fully saturated rings. The third kappa shape index (κ3) is 3.25. The van der Waals surface area contributed by atoms with Crippen LogP contribution in [0.3, 0.4) is 0 Å². The standard InChI is InChI=1S/C13H17BrN2O.ClH/c1-9-2-3-11(12(14)6-9)13(17)16-5-4-10(7-15)8-16;/h2-3,6,10H,4-5,7-8,15H2,1H3;1H.